The zero-order chi connectivity index (χ0) is 9.56. The summed E-state index contributed by atoms with van der Waals surface area (Å²) in [6.45, 7) is 9.96. The monoisotopic (exact) mass is 170 g/mol. The van der Waals surface area contributed by atoms with E-state index in [1.54, 1.807) is 0 Å². The van der Waals surface area contributed by atoms with Crippen molar-refractivity contribution in [1.82, 2.24) is 0 Å². The number of rotatable bonds is 5. The Kier molecular flexibility index (Phi) is 6.12. The third-order valence-electron chi connectivity index (χ3n) is 1.16. The molecule has 0 heterocycles. The van der Waals surface area contributed by atoms with Gasteiger partial charge >= 0.3 is 7.12 Å². The number of hydrogen-bond donors (Lipinski definition) is 0. The Bertz CT molecular complexity index is 122. The molecule has 0 aromatic heterocycles. The smallest absolute Gasteiger partial charge is 0.405 e. The van der Waals surface area contributed by atoms with E-state index in [1.807, 2.05) is 46.7 Å². The minimum atomic E-state index is -0.199. The highest BCUT2D eigenvalue weighted by Gasteiger charge is 2.16. The zero-order valence-electron chi connectivity index (χ0n) is 8.70. The quantitative estimate of drug-likeness (QED) is 0.590. The Balaban J connectivity index is 3.86. The second-order valence-corrected chi connectivity index (χ2v) is 3.26. The van der Waals surface area contributed by atoms with Gasteiger partial charge in [0.25, 0.3) is 0 Å². The topological polar surface area (TPSA) is 18.5 Å². The molecule has 12 heavy (non-hydrogen) atoms. The van der Waals surface area contributed by atoms with Gasteiger partial charge in [-0.15, -0.1) is 0 Å². The first-order chi connectivity index (χ1) is 5.56. The van der Waals surface area contributed by atoms with Gasteiger partial charge in [-0.1, -0.05) is 12.1 Å². The first-order valence-corrected chi connectivity index (χ1v) is 4.50. The third-order valence-corrected chi connectivity index (χ3v) is 1.16. The second-order valence-electron chi connectivity index (χ2n) is 3.26. The molecule has 2 nitrogen and oxygen atoms in total. The molecule has 0 fully saturated rings. The summed E-state index contributed by atoms with van der Waals surface area (Å²) in [5, 5.41) is 0. The standard InChI is InChI=1S/C9H19BO2/c1-6-7-10(11-8(2)3)12-9(4)5/h6-9H,1-5H3/b7-6+. The van der Waals surface area contributed by atoms with Gasteiger partial charge in [-0.2, -0.15) is 0 Å². The summed E-state index contributed by atoms with van der Waals surface area (Å²) in [4.78, 5) is 0. The van der Waals surface area contributed by atoms with Crippen LogP contribution in [0.15, 0.2) is 12.1 Å². The van der Waals surface area contributed by atoms with Crippen molar-refractivity contribution < 1.29 is 9.31 Å². The number of hydrogen-bond acceptors (Lipinski definition) is 2. The Morgan fingerprint density at radius 3 is 1.67 bits per heavy atom. The van der Waals surface area contributed by atoms with E-state index in [2.05, 4.69) is 0 Å². The summed E-state index contributed by atoms with van der Waals surface area (Å²) in [6.07, 6.45) is 2.34. The third kappa shape index (κ3) is 6.44. The normalized spacial score (nSPS) is 11.9. The van der Waals surface area contributed by atoms with E-state index in [-0.39, 0.29) is 19.3 Å². The fourth-order valence-corrected chi connectivity index (χ4v) is 0.816. The van der Waals surface area contributed by atoms with Crippen LogP contribution in [0.1, 0.15) is 34.6 Å². The van der Waals surface area contributed by atoms with Crippen LogP contribution < -0.4 is 0 Å². The molecule has 0 aromatic carbocycles. The van der Waals surface area contributed by atoms with E-state index in [0.717, 1.165) is 0 Å². The van der Waals surface area contributed by atoms with E-state index >= 15 is 0 Å². The summed E-state index contributed by atoms with van der Waals surface area (Å²) in [6, 6.07) is 0. The van der Waals surface area contributed by atoms with Crippen molar-refractivity contribution in [2.75, 3.05) is 0 Å². The molecule has 0 aliphatic heterocycles. The Morgan fingerprint density at radius 1 is 1.00 bits per heavy atom. The van der Waals surface area contributed by atoms with Crippen LogP contribution in [-0.4, -0.2) is 19.3 Å². The first kappa shape index (κ1) is 11.7. The van der Waals surface area contributed by atoms with Gasteiger partial charge in [-0.05, 0) is 34.6 Å². The van der Waals surface area contributed by atoms with Crippen molar-refractivity contribution in [3.63, 3.8) is 0 Å². The van der Waals surface area contributed by atoms with Crippen molar-refractivity contribution in [2.45, 2.75) is 46.8 Å². The van der Waals surface area contributed by atoms with Gasteiger partial charge in [0, 0.05) is 12.2 Å². The van der Waals surface area contributed by atoms with Crippen molar-refractivity contribution in [3.8, 4) is 0 Å². The molecule has 0 spiro atoms. The molecular formula is C9H19BO2. The van der Waals surface area contributed by atoms with Gasteiger partial charge in [0.2, 0.25) is 0 Å². The Hall–Kier alpha value is -0.275. The van der Waals surface area contributed by atoms with Gasteiger partial charge in [0.05, 0.1) is 0 Å². The molecule has 0 unspecified atom stereocenters. The summed E-state index contributed by atoms with van der Waals surface area (Å²) in [7, 11) is -0.199. The van der Waals surface area contributed by atoms with Crippen LogP contribution in [0, 0.1) is 0 Å². The molecule has 3 heteroatoms. The minimum Gasteiger partial charge on any atom is -0.405 e. The van der Waals surface area contributed by atoms with E-state index in [4.69, 9.17) is 9.31 Å². The molecule has 0 aliphatic carbocycles. The highest BCUT2D eigenvalue weighted by atomic mass is 16.6. The second kappa shape index (κ2) is 6.26. The van der Waals surface area contributed by atoms with Gasteiger partial charge in [0.15, 0.2) is 0 Å². The van der Waals surface area contributed by atoms with Crippen LogP contribution in [0.2, 0.25) is 0 Å². The summed E-state index contributed by atoms with van der Waals surface area (Å²) >= 11 is 0. The molecule has 0 aromatic rings. The lowest BCUT2D eigenvalue weighted by Crippen LogP contribution is -2.27. The zero-order valence-corrected chi connectivity index (χ0v) is 8.70. The average molecular weight is 170 g/mol. The van der Waals surface area contributed by atoms with Gasteiger partial charge in [0.1, 0.15) is 0 Å². The lowest BCUT2D eigenvalue weighted by atomic mass is 9.89. The first-order valence-electron chi connectivity index (χ1n) is 4.50. The van der Waals surface area contributed by atoms with Gasteiger partial charge in [-0.3, -0.25) is 0 Å². The van der Waals surface area contributed by atoms with Crippen LogP contribution in [-0.2, 0) is 9.31 Å². The summed E-state index contributed by atoms with van der Waals surface area (Å²) in [5.41, 5.74) is 0. The van der Waals surface area contributed by atoms with Crippen molar-refractivity contribution in [3.05, 3.63) is 12.1 Å². The van der Waals surface area contributed by atoms with Crippen LogP contribution >= 0.6 is 0 Å². The summed E-state index contributed by atoms with van der Waals surface area (Å²) < 4.78 is 11.0. The maximum Gasteiger partial charge on any atom is 0.486 e. The maximum absolute atomic E-state index is 5.49. The molecule has 0 rings (SSSR count). The van der Waals surface area contributed by atoms with Crippen molar-refractivity contribution in [2.24, 2.45) is 0 Å². The van der Waals surface area contributed by atoms with Crippen LogP contribution in [0.5, 0.6) is 0 Å². The molecular weight excluding hydrogens is 151 g/mol. The molecule has 0 saturated carbocycles. The lowest BCUT2D eigenvalue weighted by molar-refractivity contribution is 0.138. The lowest BCUT2D eigenvalue weighted by Gasteiger charge is -2.16. The van der Waals surface area contributed by atoms with Gasteiger partial charge in [-0.25, -0.2) is 0 Å². The van der Waals surface area contributed by atoms with Crippen LogP contribution in [0.25, 0.3) is 0 Å². The predicted molar refractivity (Wildman–Crippen MR) is 53.0 cm³/mol. The van der Waals surface area contributed by atoms with E-state index in [9.17, 15) is 0 Å². The van der Waals surface area contributed by atoms with Crippen molar-refractivity contribution in [1.29, 1.82) is 0 Å². The van der Waals surface area contributed by atoms with E-state index < -0.39 is 0 Å². The van der Waals surface area contributed by atoms with Crippen LogP contribution in [0.3, 0.4) is 0 Å². The van der Waals surface area contributed by atoms with E-state index in [0.29, 0.717) is 0 Å². The molecule has 70 valence electrons. The molecule has 0 N–H and O–H groups in total. The predicted octanol–water partition coefficient (Wildman–Crippen LogP) is 2.44. The number of allylic oxidation sites excluding steroid dienone is 1. The molecule has 0 aliphatic rings. The van der Waals surface area contributed by atoms with E-state index in [1.165, 1.54) is 0 Å². The molecule has 0 saturated heterocycles. The largest absolute Gasteiger partial charge is 0.486 e. The highest BCUT2D eigenvalue weighted by molar-refractivity contribution is 6.50. The average Bonchev–Trinajstić information content (AvgIpc) is 1.84. The molecule has 0 radical (unpaired) electrons. The summed E-state index contributed by atoms with van der Waals surface area (Å²) in [5.74, 6) is 1.92. The maximum atomic E-state index is 5.49. The van der Waals surface area contributed by atoms with Crippen LogP contribution in [0.4, 0.5) is 0 Å². The Labute approximate surface area is 76.1 Å². The minimum absolute atomic E-state index is 0.199. The fourth-order valence-electron chi connectivity index (χ4n) is 0.816. The SMILES string of the molecule is C/C=C/B(OC(C)C)OC(C)C. The molecule has 0 atom stereocenters. The van der Waals surface area contributed by atoms with Gasteiger partial charge < -0.3 is 9.31 Å². The van der Waals surface area contributed by atoms with Crippen molar-refractivity contribution >= 4 is 7.12 Å². The fraction of sp³-hybridized carbons (Fsp3) is 0.778. The Morgan fingerprint density at radius 2 is 1.42 bits per heavy atom. The molecule has 0 bridgehead atoms. The highest BCUT2D eigenvalue weighted by Crippen LogP contribution is 2.01. The molecule has 0 amide bonds.